The van der Waals surface area contributed by atoms with Crippen molar-refractivity contribution in [2.75, 3.05) is 0 Å². The summed E-state index contributed by atoms with van der Waals surface area (Å²) in [6.45, 7) is 4.32. The van der Waals surface area contributed by atoms with E-state index >= 15 is 0 Å². The van der Waals surface area contributed by atoms with Crippen LogP contribution in [0.4, 0.5) is 0 Å². The first-order valence-corrected chi connectivity index (χ1v) is 5.27. The zero-order chi connectivity index (χ0) is 6.85. The Labute approximate surface area is 72.0 Å². The number of benzene rings is 1. The van der Waals surface area contributed by atoms with E-state index in [1.54, 1.807) is 0 Å². The van der Waals surface area contributed by atoms with Gasteiger partial charge in [0.05, 0.1) is 0 Å². The first-order chi connectivity index (χ1) is 4.20. The van der Waals surface area contributed by atoms with E-state index in [1.807, 2.05) is 0 Å². The van der Waals surface area contributed by atoms with E-state index in [2.05, 4.69) is 32.0 Å². The Kier molecular flexibility index (Phi) is 2.27. The molecule has 0 aliphatic carbocycles. The molecular weight excluding hydrogens is 300 g/mol. The fraction of sp³-hybridized carbons (Fsp3) is 0.250. The standard InChI is InChI=1S/C8H9.Tl/c1-7-5-3-4-6-8(7)2;/h3,5-6H,1-2H3;. The topological polar surface area (TPSA) is 0 Å². The van der Waals surface area contributed by atoms with Gasteiger partial charge in [0.15, 0.2) is 0 Å². The van der Waals surface area contributed by atoms with E-state index in [-0.39, 0.29) is 0 Å². The third-order valence-corrected chi connectivity index (χ3v) is 2.93. The second-order valence-corrected chi connectivity index (χ2v) is 4.94. The second kappa shape index (κ2) is 2.82. The molecule has 0 spiro atoms. The van der Waals surface area contributed by atoms with E-state index in [0.717, 1.165) is 25.8 Å². The van der Waals surface area contributed by atoms with Crippen molar-refractivity contribution in [2.24, 2.45) is 0 Å². The van der Waals surface area contributed by atoms with E-state index in [0.29, 0.717) is 0 Å². The van der Waals surface area contributed by atoms with Gasteiger partial charge in [-0.3, -0.25) is 0 Å². The predicted molar refractivity (Wildman–Crippen MR) is 41.3 cm³/mol. The summed E-state index contributed by atoms with van der Waals surface area (Å²) in [4.78, 5) is 0. The van der Waals surface area contributed by atoms with Crippen LogP contribution in [-0.4, -0.2) is 25.8 Å². The molecule has 9 heavy (non-hydrogen) atoms. The molecule has 0 amide bonds. The molecule has 0 atom stereocenters. The van der Waals surface area contributed by atoms with Crippen LogP contribution in [0.25, 0.3) is 0 Å². The molecule has 1 heteroatoms. The molecular formula is C8H9Tl. The van der Waals surface area contributed by atoms with Crippen molar-refractivity contribution in [1.29, 1.82) is 0 Å². The fourth-order valence-corrected chi connectivity index (χ4v) is 2.11. The summed E-state index contributed by atoms with van der Waals surface area (Å²) >= 11 is 0.981. The zero-order valence-corrected chi connectivity index (χ0v) is 10.3. The molecule has 0 saturated carbocycles. The molecule has 0 nitrogen and oxygen atoms in total. The van der Waals surface area contributed by atoms with Crippen LogP contribution >= 0.6 is 0 Å². The molecule has 1 rings (SSSR count). The molecule has 0 radical (unpaired) electrons. The third kappa shape index (κ3) is 1.78. The van der Waals surface area contributed by atoms with Gasteiger partial charge in [-0.05, 0) is 0 Å². The molecule has 0 unspecified atom stereocenters. The Morgan fingerprint density at radius 3 is 2.22 bits per heavy atom. The summed E-state index contributed by atoms with van der Waals surface area (Å²) in [5, 5.41) is 0. The molecule has 0 saturated heterocycles. The molecule has 0 heterocycles. The number of rotatable bonds is 0. The number of hydrogen-bond donors (Lipinski definition) is 0. The van der Waals surface area contributed by atoms with Gasteiger partial charge in [0.2, 0.25) is 0 Å². The Hall–Kier alpha value is 0.142. The second-order valence-electron chi connectivity index (χ2n) is 2.34. The predicted octanol–water partition coefficient (Wildman–Crippen LogP) is 1.10. The van der Waals surface area contributed by atoms with Crippen LogP contribution in [-0.2, 0) is 0 Å². The minimum absolute atomic E-state index is 0.981. The van der Waals surface area contributed by atoms with Gasteiger partial charge in [-0.1, -0.05) is 0 Å². The first kappa shape index (κ1) is 7.25. The van der Waals surface area contributed by atoms with Gasteiger partial charge in [-0.2, -0.15) is 0 Å². The van der Waals surface area contributed by atoms with Crippen LogP contribution in [0, 0.1) is 13.8 Å². The molecule has 0 fully saturated rings. The van der Waals surface area contributed by atoms with E-state index in [1.165, 1.54) is 14.2 Å². The van der Waals surface area contributed by atoms with Gasteiger partial charge in [0.25, 0.3) is 0 Å². The number of hydrogen-bond acceptors (Lipinski definition) is 0. The van der Waals surface area contributed by atoms with Crippen LogP contribution in [0.5, 0.6) is 0 Å². The Morgan fingerprint density at radius 2 is 1.78 bits per heavy atom. The van der Waals surface area contributed by atoms with Crippen molar-refractivity contribution in [2.45, 2.75) is 13.8 Å². The Morgan fingerprint density at radius 1 is 1.11 bits per heavy atom. The van der Waals surface area contributed by atoms with Crippen molar-refractivity contribution >= 4 is 28.9 Å². The summed E-state index contributed by atoms with van der Waals surface area (Å²) in [6, 6.07) is 6.69. The molecule has 0 aliphatic heterocycles. The minimum atomic E-state index is 0.981. The third-order valence-electron chi connectivity index (χ3n) is 1.53. The average molecular weight is 310 g/mol. The Bertz CT molecular complexity index is 216. The van der Waals surface area contributed by atoms with Gasteiger partial charge in [-0.15, -0.1) is 0 Å². The first-order valence-electron chi connectivity index (χ1n) is 3.03. The van der Waals surface area contributed by atoms with E-state index in [9.17, 15) is 0 Å². The maximum absolute atomic E-state index is 2.28. The van der Waals surface area contributed by atoms with Crippen molar-refractivity contribution in [3.63, 3.8) is 0 Å². The van der Waals surface area contributed by atoms with Crippen LogP contribution in [0.1, 0.15) is 11.1 Å². The van der Waals surface area contributed by atoms with Crippen molar-refractivity contribution in [3.8, 4) is 0 Å². The average Bonchev–Trinajstić information content (AvgIpc) is 1.80. The fourth-order valence-electron chi connectivity index (χ4n) is 0.765. The van der Waals surface area contributed by atoms with Gasteiger partial charge >= 0.3 is 72.1 Å². The molecule has 0 bridgehead atoms. The van der Waals surface area contributed by atoms with Crippen molar-refractivity contribution in [3.05, 3.63) is 29.3 Å². The van der Waals surface area contributed by atoms with Crippen molar-refractivity contribution in [1.82, 2.24) is 0 Å². The van der Waals surface area contributed by atoms with Crippen LogP contribution in [0.2, 0.25) is 0 Å². The number of aryl methyl sites for hydroxylation is 2. The summed E-state index contributed by atoms with van der Waals surface area (Å²) in [7, 11) is 0. The summed E-state index contributed by atoms with van der Waals surface area (Å²) in [5.74, 6) is 0. The van der Waals surface area contributed by atoms with Gasteiger partial charge in [-0.25, -0.2) is 0 Å². The summed E-state index contributed by atoms with van der Waals surface area (Å²) < 4.78 is 1.51. The normalized spacial score (nSPS) is 9.44. The Balaban J connectivity index is 3.17. The van der Waals surface area contributed by atoms with E-state index < -0.39 is 0 Å². The monoisotopic (exact) mass is 310 g/mol. The molecule has 0 aromatic heterocycles. The zero-order valence-electron chi connectivity index (χ0n) is 5.81. The van der Waals surface area contributed by atoms with Crippen molar-refractivity contribution < 1.29 is 0 Å². The van der Waals surface area contributed by atoms with Crippen LogP contribution < -0.4 is 3.12 Å². The van der Waals surface area contributed by atoms with Gasteiger partial charge < -0.3 is 0 Å². The van der Waals surface area contributed by atoms with Crippen LogP contribution in [0.15, 0.2) is 18.2 Å². The molecule has 1 aromatic carbocycles. The van der Waals surface area contributed by atoms with E-state index in [4.69, 9.17) is 0 Å². The van der Waals surface area contributed by atoms with Gasteiger partial charge in [0, 0.05) is 0 Å². The molecule has 0 N–H and O–H groups in total. The quantitative estimate of drug-likeness (QED) is 0.630. The molecule has 44 valence electrons. The van der Waals surface area contributed by atoms with Crippen LogP contribution in [0.3, 0.4) is 0 Å². The maximum atomic E-state index is 2.28. The SMILES string of the molecule is Cc1cc[c]([Tl])cc1C. The molecule has 0 aliphatic rings. The summed E-state index contributed by atoms with van der Waals surface area (Å²) in [5.41, 5.74) is 2.83. The summed E-state index contributed by atoms with van der Waals surface area (Å²) in [6.07, 6.45) is 0. The molecule has 1 aromatic rings. The van der Waals surface area contributed by atoms with Gasteiger partial charge in [0.1, 0.15) is 0 Å².